The predicted octanol–water partition coefficient (Wildman–Crippen LogP) is 0.941. The van der Waals surface area contributed by atoms with Crippen LogP contribution < -0.4 is 0 Å². The van der Waals surface area contributed by atoms with E-state index in [1.54, 1.807) is 7.11 Å². The Balaban J connectivity index is 3.03. The van der Waals surface area contributed by atoms with E-state index >= 15 is 0 Å². The summed E-state index contributed by atoms with van der Waals surface area (Å²) < 4.78 is 4.78. The molecule has 0 aromatic heterocycles. The van der Waals surface area contributed by atoms with Gasteiger partial charge in [0.1, 0.15) is 6.10 Å². The van der Waals surface area contributed by atoms with Crippen molar-refractivity contribution in [2.45, 2.75) is 13.0 Å². The Bertz CT molecular complexity index is 74.6. The van der Waals surface area contributed by atoms with Crippen LogP contribution in [-0.2, 0) is 4.74 Å². The molecule has 0 aliphatic rings. The first kappa shape index (κ1) is 6.45. The summed E-state index contributed by atoms with van der Waals surface area (Å²) in [7, 11) is 1.61. The molecule has 0 fully saturated rings. The summed E-state index contributed by atoms with van der Waals surface area (Å²) in [5.74, 6) is 0. The van der Waals surface area contributed by atoms with Crippen LogP contribution >= 0.6 is 0 Å². The van der Waals surface area contributed by atoms with E-state index in [2.05, 4.69) is 4.85 Å². The zero-order chi connectivity index (χ0) is 5.70. The fourth-order valence-corrected chi connectivity index (χ4v) is 0.203. The standard InChI is InChI=1S/C5H9NO/c1-5(7-3)4-6-2/h5H,4H2,1,3H3. The third-order valence-corrected chi connectivity index (χ3v) is 0.751. The molecule has 7 heavy (non-hydrogen) atoms. The molecule has 0 saturated heterocycles. The van der Waals surface area contributed by atoms with Gasteiger partial charge in [0.05, 0.1) is 0 Å². The lowest BCUT2D eigenvalue weighted by atomic mass is 10.4. The molecule has 0 aliphatic heterocycles. The lowest BCUT2D eigenvalue weighted by Crippen LogP contribution is -2.06. The van der Waals surface area contributed by atoms with Crippen molar-refractivity contribution in [1.29, 1.82) is 0 Å². The number of nitrogens with zero attached hydrogens (tertiary/aromatic N) is 1. The van der Waals surface area contributed by atoms with Gasteiger partial charge in [0.15, 0.2) is 0 Å². The van der Waals surface area contributed by atoms with Gasteiger partial charge < -0.3 is 9.58 Å². The van der Waals surface area contributed by atoms with Gasteiger partial charge in [-0.2, -0.15) is 0 Å². The predicted molar refractivity (Wildman–Crippen MR) is 27.9 cm³/mol. The van der Waals surface area contributed by atoms with Gasteiger partial charge in [-0.1, -0.05) is 0 Å². The van der Waals surface area contributed by atoms with Crippen molar-refractivity contribution in [3.05, 3.63) is 11.4 Å². The third-order valence-electron chi connectivity index (χ3n) is 0.751. The first-order valence-electron chi connectivity index (χ1n) is 2.17. The highest BCUT2D eigenvalue weighted by Gasteiger charge is 1.97. The third kappa shape index (κ3) is 3.28. The highest BCUT2D eigenvalue weighted by molar-refractivity contribution is 4.63. The van der Waals surface area contributed by atoms with E-state index in [1.165, 1.54) is 0 Å². The van der Waals surface area contributed by atoms with E-state index in [4.69, 9.17) is 11.3 Å². The van der Waals surface area contributed by atoms with Crippen LogP contribution in [0.5, 0.6) is 0 Å². The van der Waals surface area contributed by atoms with Gasteiger partial charge in [0, 0.05) is 7.11 Å². The highest BCUT2D eigenvalue weighted by atomic mass is 16.5. The fraction of sp³-hybridized carbons (Fsp3) is 0.800. The fourth-order valence-electron chi connectivity index (χ4n) is 0.203. The van der Waals surface area contributed by atoms with E-state index in [0.29, 0.717) is 6.54 Å². The average molecular weight is 99.1 g/mol. The molecule has 0 heterocycles. The van der Waals surface area contributed by atoms with Gasteiger partial charge in [-0.25, -0.2) is 6.57 Å². The van der Waals surface area contributed by atoms with E-state index in [1.807, 2.05) is 6.92 Å². The van der Waals surface area contributed by atoms with Gasteiger partial charge in [0.2, 0.25) is 6.54 Å². The van der Waals surface area contributed by atoms with Crippen molar-refractivity contribution in [3.63, 3.8) is 0 Å². The number of ether oxygens (including phenoxy) is 1. The summed E-state index contributed by atoms with van der Waals surface area (Å²) >= 11 is 0. The molecule has 0 aromatic rings. The number of rotatable bonds is 2. The number of hydrogen-bond acceptors (Lipinski definition) is 1. The lowest BCUT2D eigenvalue weighted by Gasteiger charge is -1.96. The minimum Gasteiger partial charge on any atom is -0.374 e. The van der Waals surface area contributed by atoms with E-state index in [0.717, 1.165) is 0 Å². The van der Waals surface area contributed by atoms with Crippen molar-refractivity contribution in [3.8, 4) is 0 Å². The monoisotopic (exact) mass is 99.1 g/mol. The molecule has 0 N–H and O–H groups in total. The SMILES string of the molecule is [C-]#[N+]CC(C)OC. The molecule has 0 amide bonds. The summed E-state index contributed by atoms with van der Waals surface area (Å²) in [5.41, 5.74) is 0. The van der Waals surface area contributed by atoms with Crippen LogP contribution in [0.3, 0.4) is 0 Å². The molecule has 0 aliphatic carbocycles. The largest absolute Gasteiger partial charge is 0.374 e. The maximum absolute atomic E-state index is 6.38. The first-order valence-corrected chi connectivity index (χ1v) is 2.17. The van der Waals surface area contributed by atoms with Crippen molar-refractivity contribution in [1.82, 2.24) is 0 Å². The molecule has 0 spiro atoms. The average Bonchev–Trinajstić information content (AvgIpc) is 1.68. The van der Waals surface area contributed by atoms with Crippen molar-refractivity contribution >= 4 is 0 Å². The van der Waals surface area contributed by atoms with Gasteiger partial charge in [-0.3, -0.25) is 0 Å². The molecule has 0 bridgehead atoms. The Morgan fingerprint density at radius 3 is 2.57 bits per heavy atom. The molecule has 1 atom stereocenters. The summed E-state index contributed by atoms with van der Waals surface area (Å²) in [6, 6.07) is 0. The molecular weight excluding hydrogens is 90.1 g/mol. The Labute approximate surface area is 43.9 Å². The van der Waals surface area contributed by atoms with Gasteiger partial charge in [0.25, 0.3) is 0 Å². The second kappa shape index (κ2) is 3.63. The van der Waals surface area contributed by atoms with Crippen molar-refractivity contribution in [2.75, 3.05) is 13.7 Å². The summed E-state index contributed by atoms with van der Waals surface area (Å²) in [5, 5.41) is 0. The van der Waals surface area contributed by atoms with Gasteiger partial charge in [-0.05, 0) is 6.92 Å². The summed E-state index contributed by atoms with van der Waals surface area (Å²) in [6.07, 6.45) is 0.0949. The lowest BCUT2D eigenvalue weighted by molar-refractivity contribution is 0.131. The number of hydrogen-bond donors (Lipinski definition) is 0. The van der Waals surface area contributed by atoms with Crippen molar-refractivity contribution in [2.24, 2.45) is 0 Å². The highest BCUT2D eigenvalue weighted by Crippen LogP contribution is 1.85. The second-order valence-electron chi connectivity index (χ2n) is 1.39. The minimum atomic E-state index is 0.0949. The Kier molecular flexibility index (Phi) is 3.35. The Morgan fingerprint density at radius 1 is 1.86 bits per heavy atom. The zero-order valence-electron chi connectivity index (χ0n) is 4.64. The Morgan fingerprint density at radius 2 is 2.43 bits per heavy atom. The molecule has 1 unspecified atom stereocenters. The summed E-state index contributed by atoms with van der Waals surface area (Å²) in [6.45, 7) is 8.72. The van der Waals surface area contributed by atoms with Crippen LogP contribution in [0.4, 0.5) is 0 Å². The van der Waals surface area contributed by atoms with Crippen LogP contribution in [0, 0.1) is 6.57 Å². The number of methoxy groups -OCH3 is 1. The molecule has 2 heteroatoms. The summed E-state index contributed by atoms with van der Waals surface area (Å²) in [4.78, 5) is 3.13. The quantitative estimate of drug-likeness (QED) is 0.470. The zero-order valence-corrected chi connectivity index (χ0v) is 4.64. The molecule has 40 valence electrons. The maximum atomic E-state index is 6.38. The minimum absolute atomic E-state index is 0.0949. The molecule has 0 rings (SSSR count). The van der Waals surface area contributed by atoms with Crippen LogP contribution in [0.1, 0.15) is 6.92 Å². The van der Waals surface area contributed by atoms with E-state index in [9.17, 15) is 0 Å². The molecule has 0 saturated carbocycles. The smallest absolute Gasteiger partial charge is 0.240 e. The van der Waals surface area contributed by atoms with Crippen LogP contribution in [0.2, 0.25) is 0 Å². The van der Waals surface area contributed by atoms with E-state index in [-0.39, 0.29) is 6.10 Å². The maximum Gasteiger partial charge on any atom is 0.240 e. The molecular formula is C5H9NO. The van der Waals surface area contributed by atoms with Gasteiger partial charge >= 0.3 is 0 Å². The van der Waals surface area contributed by atoms with Gasteiger partial charge in [-0.15, -0.1) is 0 Å². The van der Waals surface area contributed by atoms with E-state index < -0.39 is 0 Å². The Hall–Kier alpha value is -0.550. The van der Waals surface area contributed by atoms with Crippen LogP contribution in [-0.4, -0.2) is 19.8 Å². The normalized spacial score (nSPS) is 12.7. The molecule has 0 radical (unpaired) electrons. The molecule has 0 aromatic carbocycles. The van der Waals surface area contributed by atoms with Crippen LogP contribution in [0.25, 0.3) is 4.85 Å². The molecule has 2 nitrogen and oxygen atoms in total. The van der Waals surface area contributed by atoms with Crippen LogP contribution in [0.15, 0.2) is 0 Å². The van der Waals surface area contributed by atoms with Crippen molar-refractivity contribution < 1.29 is 4.74 Å². The topological polar surface area (TPSA) is 13.6 Å². The second-order valence-corrected chi connectivity index (χ2v) is 1.39. The first-order chi connectivity index (χ1) is 3.31.